The van der Waals surface area contributed by atoms with Crippen LogP contribution >= 0.6 is 0 Å². The molecule has 0 bridgehead atoms. The van der Waals surface area contributed by atoms with Gasteiger partial charge >= 0.3 is 0 Å². The second-order valence-electron chi connectivity index (χ2n) is 6.77. The topological polar surface area (TPSA) is 47.0 Å². The third-order valence-corrected chi connectivity index (χ3v) is 4.97. The van der Waals surface area contributed by atoms with Crippen molar-refractivity contribution >= 4 is 16.7 Å². The van der Waals surface area contributed by atoms with E-state index < -0.39 is 0 Å². The first kappa shape index (κ1) is 16.0. The van der Waals surface area contributed by atoms with Gasteiger partial charge in [0.15, 0.2) is 0 Å². The molecule has 2 unspecified atom stereocenters. The quantitative estimate of drug-likeness (QED) is 0.746. The van der Waals surface area contributed by atoms with Gasteiger partial charge in [-0.1, -0.05) is 42.5 Å². The number of fused-ring (bicyclic) bond motifs is 1. The molecule has 1 fully saturated rings. The SMILES string of the molecule is Cc1cccc2c(NC(CC3CCOC3)c3ccccc3)ncnc12. The molecule has 128 valence electrons. The van der Waals surface area contributed by atoms with Gasteiger partial charge in [-0.2, -0.15) is 0 Å². The molecule has 4 heteroatoms. The fourth-order valence-corrected chi connectivity index (χ4v) is 3.58. The Kier molecular flexibility index (Phi) is 4.61. The molecule has 0 spiro atoms. The average molecular weight is 333 g/mol. The van der Waals surface area contributed by atoms with Crippen LogP contribution in [0.25, 0.3) is 10.9 Å². The molecule has 1 aliphatic rings. The van der Waals surface area contributed by atoms with Gasteiger partial charge in [0.25, 0.3) is 0 Å². The lowest BCUT2D eigenvalue weighted by atomic mass is 9.94. The Morgan fingerprint density at radius 2 is 2.00 bits per heavy atom. The summed E-state index contributed by atoms with van der Waals surface area (Å²) in [5.41, 5.74) is 3.47. The molecule has 1 aromatic heterocycles. The summed E-state index contributed by atoms with van der Waals surface area (Å²) >= 11 is 0. The first-order valence-electron chi connectivity index (χ1n) is 8.91. The number of ether oxygens (including phenoxy) is 1. The Morgan fingerprint density at radius 1 is 1.12 bits per heavy atom. The number of hydrogen-bond acceptors (Lipinski definition) is 4. The predicted octanol–water partition coefficient (Wildman–Crippen LogP) is 4.52. The molecule has 0 amide bonds. The van der Waals surface area contributed by atoms with Crippen LogP contribution in [0.3, 0.4) is 0 Å². The molecule has 2 aromatic carbocycles. The van der Waals surface area contributed by atoms with Gasteiger partial charge < -0.3 is 10.1 Å². The number of benzene rings is 2. The lowest BCUT2D eigenvalue weighted by Crippen LogP contribution is -2.17. The molecular formula is C21H23N3O. The standard InChI is InChI=1S/C21H23N3O/c1-15-6-5-9-18-20(15)22-14-23-21(18)24-19(12-16-10-11-25-13-16)17-7-3-2-4-8-17/h2-9,14,16,19H,10-13H2,1H3,(H,22,23,24). The highest BCUT2D eigenvalue weighted by Crippen LogP contribution is 2.31. The Hall–Kier alpha value is -2.46. The van der Waals surface area contributed by atoms with Crippen molar-refractivity contribution in [2.24, 2.45) is 5.92 Å². The zero-order chi connectivity index (χ0) is 17.1. The van der Waals surface area contributed by atoms with Crippen LogP contribution in [0.15, 0.2) is 54.9 Å². The summed E-state index contributed by atoms with van der Waals surface area (Å²) in [6.45, 7) is 3.82. The summed E-state index contributed by atoms with van der Waals surface area (Å²) in [4.78, 5) is 8.99. The van der Waals surface area contributed by atoms with Crippen LogP contribution in [0.5, 0.6) is 0 Å². The van der Waals surface area contributed by atoms with Crippen molar-refractivity contribution in [3.8, 4) is 0 Å². The lowest BCUT2D eigenvalue weighted by Gasteiger charge is -2.23. The van der Waals surface area contributed by atoms with E-state index in [1.807, 2.05) is 0 Å². The summed E-state index contributed by atoms with van der Waals surface area (Å²) < 4.78 is 5.58. The van der Waals surface area contributed by atoms with Gasteiger partial charge in [0.1, 0.15) is 12.1 Å². The fourth-order valence-electron chi connectivity index (χ4n) is 3.58. The summed E-state index contributed by atoms with van der Waals surface area (Å²) in [5, 5.41) is 4.76. The van der Waals surface area contributed by atoms with Gasteiger partial charge in [0, 0.05) is 18.6 Å². The first-order valence-corrected chi connectivity index (χ1v) is 8.91. The molecular weight excluding hydrogens is 310 g/mol. The maximum Gasteiger partial charge on any atom is 0.137 e. The van der Waals surface area contributed by atoms with Crippen molar-refractivity contribution in [1.82, 2.24) is 9.97 Å². The minimum Gasteiger partial charge on any atom is -0.381 e. The Morgan fingerprint density at radius 3 is 2.80 bits per heavy atom. The molecule has 2 heterocycles. The number of hydrogen-bond donors (Lipinski definition) is 1. The van der Waals surface area contributed by atoms with Gasteiger partial charge in [-0.3, -0.25) is 0 Å². The van der Waals surface area contributed by atoms with E-state index in [1.165, 1.54) is 11.1 Å². The molecule has 25 heavy (non-hydrogen) atoms. The van der Waals surface area contributed by atoms with Crippen LogP contribution in [-0.4, -0.2) is 23.2 Å². The Balaban J connectivity index is 1.67. The second kappa shape index (κ2) is 7.19. The van der Waals surface area contributed by atoms with Crippen LogP contribution in [0.4, 0.5) is 5.82 Å². The molecule has 0 aliphatic carbocycles. The Labute approximate surface area is 148 Å². The molecule has 0 radical (unpaired) electrons. The van der Waals surface area contributed by atoms with Crippen LogP contribution in [0.1, 0.15) is 30.0 Å². The highest BCUT2D eigenvalue weighted by molar-refractivity contribution is 5.90. The van der Waals surface area contributed by atoms with Crippen LogP contribution in [-0.2, 0) is 4.74 Å². The highest BCUT2D eigenvalue weighted by atomic mass is 16.5. The first-order chi connectivity index (χ1) is 12.3. The molecule has 1 N–H and O–H groups in total. The summed E-state index contributed by atoms with van der Waals surface area (Å²) in [6.07, 6.45) is 3.83. The fraction of sp³-hybridized carbons (Fsp3) is 0.333. The van der Waals surface area contributed by atoms with Gasteiger partial charge in [-0.15, -0.1) is 0 Å². The van der Waals surface area contributed by atoms with Crippen molar-refractivity contribution in [1.29, 1.82) is 0 Å². The number of aromatic nitrogens is 2. The van der Waals surface area contributed by atoms with Crippen LogP contribution < -0.4 is 5.32 Å². The van der Waals surface area contributed by atoms with Crippen molar-refractivity contribution in [2.45, 2.75) is 25.8 Å². The minimum atomic E-state index is 0.214. The maximum atomic E-state index is 5.58. The predicted molar refractivity (Wildman–Crippen MR) is 101 cm³/mol. The van der Waals surface area contributed by atoms with Crippen LogP contribution in [0.2, 0.25) is 0 Å². The zero-order valence-electron chi connectivity index (χ0n) is 14.5. The number of nitrogens with zero attached hydrogens (tertiary/aromatic N) is 2. The smallest absolute Gasteiger partial charge is 0.137 e. The molecule has 1 aliphatic heterocycles. The second-order valence-corrected chi connectivity index (χ2v) is 6.77. The van der Waals surface area contributed by atoms with Crippen molar-refractivity contribution in [2.75, 3.05) is 18.5 Å². The molecule has 3 aromatic rings. The molecule has 4 nitrogen and oxygen atoms in total. The van der Waals surface area contributed by atoms with E-state index in [-0.39, 0.29) is 6.04 Å². The zero-order valence-corrected chi connectivity index (χ0v) is 14.5. The number of para-hydroxylation sites is 1. The Bertz CT molecular complexity index is 844. The van der Waals surface area contributed by atoms with Gasteiger partial charge in [0.05, 0.1) is 11.6 Å². The molecule has 0 saturated carbocycles. The van der Waals surface area contributed by atoms with Crippen molar-refractivity contribution < 1.29 is 4.74 Å². The number of anilines is 1. The van der Waals surface area contributed by atoms with Crippen molar-refractivity contribution in [3.05, 3.63) is 66.0 Å². The van der Waals surface area contributed by atoms with E-state index >= 15 is 0 Å². The third kappa shape index (κ3) is 3.49. The highest BCUT2D eigenvalue weighted by Gasteiger charge is 2.22. The lowest BCUT2D eigenvalue weighted by molar-refractivity contribution is 0.183. The summed E-state index contributed by atoms with van der Waals surface area (Å²) in [5.74, 6) is 1.49. The number of nitrogens with one attached hydrogen (secondary N) is 1. The van der Waals surface area contributed by atoms with E-state index in [2.05, 4.69) is 70.7 Å². The van der Waals surface area contributed by atoms with Gasteiger partial charge in [-0.25, -0.2) is 9.97 Å². The van der Waals surface area contributed by atoms with Gasteiger partial charge in [-0.05, 0) is 42.9 Å². The molecule has 4 rings (SSSR count). The van der Waals surface area contributed by atoms with E-state index in [1.54, 1.807) is 6.33 Å². The largest absolute Gasteiger partial charge is 0.381 e. The maximum absolute atomic E-state index is 5.58. The van der Waals surface area contributed by atoms with E-state index in [0.29, 0.717) is 5.92 Å². The normalized spacial score (nSPS) is 18.4. The summed E-state index contributed by atoms with van der Waals surface area (Å²) in [6, 6.07) is 17.1. The van der Waals surface area contributed by atoms with E-state index in [9.17, 15) is 0 Å². The third-order valence-electron chi connectivity index (χ3n) is 4.97. The summed E-state index contributed by atoms with van der Waals surface area (Å²) in [7, 11) is 0. The average Bonchev–Trinajstić information content (AvgIpc) is 3.16. The van der Waals surface area contributed by atoms with Crippen molar-refractivity contribution in [3.63, 3.8) is 0 Å². The molecule has 1 saturated heterocycles. The number of aryl methyl sites for hydroxylation is 1. The minimum absolute atomic E-state index is 0.214. The van der Waals surface area contributed by atoms with Gasteiger partial charge in [0.2, 0.25) is 0 Å². The number of rotatable bonds is 5. The monoisotopic (exact) mass is 333 g/mol. The van der Waals surface area contributed by atoms with E-state index in [0.717, 1.165) is 42.8 Å². The van der Waals surface area contributed by atoms with Crippen LogP contribution in [0, 0.1) is 12.8 Å². The molecule has 2 atom stereocenters. The van der Waals surface area contributed by atoms with E-state index in [4.69, 9.17) is 4.74 Å².